The van der Waals surface area contributed by atoms with Gasteiger partial charge >= 0.3 is 11.0 Å². The Bertz CT molecular complexity index is 838. The number of thiophene rings is 1. The van der Waals surface area contributed by atoms with Gasteiger partial charge in [-0.05, 0) is 23.8 Å². The van der Waals surface area contributed by atoms with Crippen molar-refractivity contribution in [1.29, 1.82) is 0 Å². The largest absolute Gasteiger partial charge is 0.494 e. The van der Waals surface area contributed by atoms with Crippen molar-refractivity contribution in [2.75, 3.05) is 20.8 Å². The fraction of sp³-hybridized carbons (Fsp3) is 0.250. The van der Waals surface area contributed by atoms with Gasteiger partial charge < -0.3 is 14.4 Å². The minimum atomic E-state index is -0.819. The highest BCUT2D eigenvalue weighted by atomic mass is 32.1. The highest BCUT2D eigenvalue weighted by Gasteiger charge is 2.18. The number of amides is 1. The molecule has 2 aromatic rings. The lowest BCUT2D eigenvalue weighted by Crippen LogP contribution is -2.30. The average Bonchev–Trinajstić information content (AvgIpc) is 3.10. The molecule has 0 aliphatic carbocycles. The zero-order chi connectivity index (χ0) is 19.3. The van der Waals surface area contributed by atoms with Crippen molar-refractivity contribution in [2.45, 2.75) is 6.54 Å². The van der Waals surface area contributed by atoms with Crippen LogP contribution in [0, 0.1) is 15.9 Å². The molecule has 1 aromatic heterocycles. The van der Waals surface area contributed by atoms with Crippen LogP contribution in [-0.2, 0) is 16.1 Å². The molecular weight excluding hydrogens is 367 g/mol. The molecule has 26 heavy (non-hydrogen) atoms. The second-order valence-electron chi connectivity index (χ2n) is 5.19. The van der Waals surface area contributed by atoms with Gasteiger partial charge in [0.05, 0.1) is 12.0 Å². The number of nitrogens with zero attached hydrogens (tertiary/aromatic N) is 2. The predicted octanol–water partition coefficient (Wildman–Crippen LogP) is 2.62. The third kappa shape index (κ3) is 4.76. The van der Waals surface area contributed by atoms with Crippen molar-refractivity contribution < 1.29 is 28.4 Å². The fourth-order valence-corrected chi connectivity index (χ4v) is 2.73. The highest BCUT2D eigenvalue weighted by Crippen LogP contribution is 2.24. The number of carbonyl (C=O) groups excluding carboxylic acids is 2. The second-order valence-corrected chi connectivity index (χ2v) is 6.25. The first-order chi connectivity index (χ1) is 12.3. The Morgan fingerprint density at radius 2 is 2.04 bits per heavy atom. The number of esters is 1. The Balaban J connectivity index is 1.89. The lowest BCUT2D eigenvalue weighted by molar-refractivity contribution is -0.380. The standard InChI is InChI=1S/C16H15FN2O6S/c1-18(8-10-3-4-12(24-2)11(17)7-10)14(20)9-25-16(21)13-5-6-15(26-13)19(22)23/h3-7H,8-9H2,1-2H3. The molecule has 0 bridgehead atoms. The summed E-state index contributed by atoms with van der Waals surface area (Å²) in [5, 5.41) is 10.4. The topological polar surface area (TPSA) is 99.0 Å². The van der Waals surface area contributed by atoms with Crippen molar-refractivity contribution in [3.05, 3.63) is 56.7 Å². The van der Waals surface area contributed by atoms with Gasteiger partial charge in [0.2, 0.25) is 0 Å². The maximum Gasteiger partial charge on any atom is 0.349 e. The molecule has 0 radical (unpaired) electrons. The summed E-state index contributed by atoms with van der Waals surface area (Å²) in [5.74, 6) is -1.76. The van der Waals surface area contributed by atoms with Crippen molar-refractivity contribution in [3.8, 4) is 5.75 Å². The van der Waals surface area contributed by atoms with Gasteiger partial charge in [0.15, 0.2) is 18.2 Å². The van der Waals surface area contributed by atoms with Crippen LogP contribution in [0.25, 0.3) is 0 Å². The summed E-state index contributed by atoms with van der Waals surface area (Å²) < 4.78 is 23.3. The van der Waals surface area contributed by atoms with E-state index in [0.29, 0.717) is 16.9 Å². The SMILES string of the molecule is COc1ccc(CN(C)C(=O)COC(=O)c2ccc([N+](=O)[O-])s2)cc1F. The van der Waals surface area contributed by atoms with Crippen LogP contribution in [0.4, 0.5) is 9.39 Å². The summed E-state index contributed by atoms with van der Waals surface area (Å²) in [4.78, 5) is 35.1. The third-order valence-electron chi connectivity index (χ3n) is 3.36. The van der Waals surface area contributed by atoms with Gasteiger partial charge in [-0.15, -0.1) is 0 Å². The maximum atomic E-state index is 13.7. The molecule has 1 heterocycles. The number of hydrogen-bond donors (Lipinski definition) is 0. The minimum absolute atomic E-state index is 0.0318. The van der Waals surface area contributed by atoms with E-state index < -0.39 is 29.2 Å². The predicted molar refractivity (Wildman–Crippen MR) is 90.7 cm³/mol. The number of likely N-dealkylation sites (N-methyl/N-ethyl adjacent to an activating group) is 1. The molecule has 0 unspecified atom stereocenters. The zero-order valence-corrected chi connectivity index (χ0v) is 14.7. The van der Waals surface area contributed by atoms with Crippen LogP contribution in [0.3, 0.4) is 0 Å². The number of ether oxygens (including phenoxy) is 2. The highest BCUT2D eigenvalue weighted by molar-refractivity contribution is 7.17. The number of rotatable bonds is 7. The monoisotopic (exact) mass is 382 g/mol. The lowest BCUT2D eigenvalue weighted by atomic mass is 10.2. The summed E-state index contributed by atoms with van der Waals surface area (Å²) >= 11 is 0.665. The number of methoxy groups -OCH3 is 1. The Kier molecular flexibility index (Phi) is 6.23. The number of halogens is 1. The van der Waals surface area contributed by atoms with Gasteiger partial charge in [0, 0.05) is 19.7 Å². The Morgan fingerprint density at radius 1 is 1.31 bits per heavy atom. The normalized spacial score (nSPS) is 10.3. The van der Waals surface area contributed by atoms with E-state index in [-0.39, 0.29) is 22.2 Å². The summed E-state index contributed by atoms with van der Waals surface area (Å²) in [5.41, 5.74) is 0.541. The molecule has 2 rings (SSSR count). The molecule has 0 saturated heterocycles. The molecule has 0 fully saturated rings. The molecule has 0 N–H and O–H groups in total. The molecule has 8 nitrogen and oxygen atoms in total. The first-order valence-electron chi connectivity index (χ1n) is 7.29. The van der Waals surface area contributed by atoms with E-state index in [4.69, 9.17) is 9.47 Å². The summed E-state index contributed by atoms with van der Waals surface area (Å²) in [6.07, 6.45) is 0. The van der Waals surface area contributed by atoms with E-state index in [1.807, 2.05) is 0 Å². The summed E-state index contributed by atoms with van der Waals surface area (Å²) in [6.45, 7) is -0.415. The molecule has 138 valence electrons. The van der Waals surface area contributed by atoms with Gasteiger partial charge in [0.25, 0.3) is 5.91 Å². The quantitative estimate of drug-likeness (QED) is 0.415. The van der Waals surface area contributed by atoms with Crippen LogP contribution in [0.5, 0.6) is 5.75 Å². The van der Waals surface area contributed by atoms with E-state index in [1.165, 1.54) is 43.3 Å². The Hall–Kier alpha value is -3.01. The average molecular weight is 382 g/mol. The Morgan fingerprint density at radius 3 is 2.62 bits per heavy atom. The van der Waals surface area contributed by atoms with Crippen LogP contribution in [-0.4, -0.2) is 42.5 Å². The van der Waals surface area contributed by atoms with Crippen molar-refractivity contribution in [1.82, 2.24) is 4.90 Å². The first-order valence-corrected chi connectivity index (χ1v) is 8.11. The number of carbonyl (C=O) groups is 2. The number of nitro groups is 1. The smallest absolute Gasteiger partial charge is 0.349 e. The van der Waals surface area contributed by atoms with Gasteiger partial charge in [-0.1, -0.05) is 17.4 Å². The third-order valence-corrected chi connectivity index (χ3v) is 4.38. The molecule has 10 heteroatoms. The van der Waals surface area contributed by atoms with E-state index in [2.05, 4.69) is 0 Å². The van der Waals surface area contributed by atoms with E-state index in [9.17, 15) is 24.1 Å². The number of benzene rings is 1. The van der Waals surface area contributed by atoms with Crippen molar-refractivity contribution in [2.24, 2.45) is 0 Å². The molecule has 0 atom stereocenters. The van der Waals surface area contributed by atoms with Crippen LogP contribution in [0.2, 0.25) is 0 Å². The molecule has 1 aromatic carbocycles. The van der Waals surface area contributed by atoms with Gasteiger partial charge in [0.1, 0.15) is 4.88 Å². The first kappa shape index (κ1) is 19.3. The minimum Gasteiger partial charge on any atom is -0.494 e. The van der Waals surface area contributed by atoms with Crippen molar-refractivity contribution in [3.63, 3.8) is 0 Å². The van der Waals surface area contributed by atoms with Crippen molar-refractivity contribution >= 4 is 28.2 Å². The van der Waals surface area contributed by atoms with E-state index in [1.54, 1.807) is 6.07 Å². The maximum absolute atomic E-state index is 13.7. The second kappa shape index (κ2) is 8.39. The van der Waals surface area contributed by atoms with Crippen LogP contribution < -0.4 is 4.74 Å². The summed E-state index contributed by atoms with van der Waals surface area (Å²) in [6, 6.07) is 6.77. The molecule has 0 aliphatic rings. The van der Waals surface area contributed by atoms with Gasteiger partial charge in [-0.2, -0.15) is 0 Å². The van der Waals surface area contributed by atoms with Crippen LogP contribution in [0.15, 0.2) is 30.3 Å². The molecule has 1 amide bonds. The summed E-state index contributed by atoms with van der Waals surface area (Å²) in [7, 11) is 2.83. The number of hydrogen-bond acceptors (Lipinski definition) is 7. The molecular formula is C16H15FN2O6S. The van der Waals surface area contributed by atoms with Gasteiger partial charge in [-0.25, -0.2) is 9.18 Å². The Labute approximate surface area is 151 Å². The molecule has 0 aliphatic heterocycles. The van der Waals surface area contributed by atoms with E-state index in [0.717, 1.165) is 0 Å². The lowest BCUT2D eigenvalue weighted by Gasteiger charge is -2.17. The molecule has 0 spiro atoms. The van der Waals surface area contributed by atoms with E-state index >= 15 is 0 Å². The van der Waals surface area contributed by atoms with Gasteiger partial charge in [-0.3, -0.25) is 14.9 Å². The van der Waals surface area contributed by atoms with Crippen LogP contribution in [0.1, 0.15) is 15.2 Å². The van der Waals surface area contributed by atoms with Crippen LogP contribution >= 0.6 is 11.3 Å². The zero-order valence-electron chi connectivity index (χ0n) is 13.9. The molecule has 0 saturated carbocycles. The fourth-order valence-electron chi connectivity index (χ4n) is 2.01.